The molecule has 1 amide bonds. The average Bonchev–Trinajstić information content (AvgIpc) is 3.16. The van der Waals surface area contributed by atoms with Gasteiger partial charge in [-0.2, -0.15) is 18.3 Å². The average molecular weight is 390 g/mol. The number of carbonyl (C=O) groups is 1. The van der Waals surface area contributed by atoms with E-state index in [-0.39, 0.29) is 22.2 Å². The van der Waals surface area contributed by atoms with Crippen LogP contribution in [-0.4, -0.2) is 26.4 Å². The molecule has 0 aliphatic rings. The second-order valence-corrected chi connectivity index (χ2v) is 5.77. The normalized spacial score (nSPS) is 12.5. The molecule has 0 aliphatic heterocycles. The van der Waals surface area contributed by atoms with Crippen LogP contribution in [0.5, 0.6) is 0 Å². The van der Waals surface area contributed by atoms with Crippen molar-refractivity contribution in [3.63, 3.8) is 0 Å². The van der Waals surface area contributed by atoms with E-state index in [1.807, 2.05) is 0 Å². The predicted molar refractivity (Wildman–Crippen MR) is 82.7 cm³/mol. The number of nitrogens with zero attached hydrogens (tertiary/aromatic N) is 3. The summed E-state index contributed by atoms with van der Waals surface area (Å²) in [4.78, 5) is 12.0. The predicted octanol–water partition coefficient (Wildman–Crippen LogP) is 3.81. The number of carbonyl (C=O) groups excluding carboxylic acids is 1. The highest BCUT2D eigenvalue weighted by Gasteiger charge is 2.31. The van der Waals surface area contributed by atoms with E-state index in [1.165, 1.54) is 24.3 Å². The molecular weight excluding hydrogens is 378 g/mol. The molecule has 5 nitrogen and oxygen atoms in total. The molecule has 0 aliphatic carbocycles. The van der Waals surface area contributed by atoms with Gasteiger partial charge in [0.15, 0.2) is 0 Å². The van der Waals surface area contributed by atoms with Crippen LogP contribution in [0.2, 0.25) is 0 Å². The molecule has 0 radical (unpaired) electrons. The molecule has 0 spiro atoms. The molecular formula is C16H12F6N4O. The Hall–Kier alpha value is -2.98. The molecule has 0 unspecified atom stereocenters. The van der Waals surface area contributed by atoms with E-state index >= 15 is 0 Å². The van der Waals surface area contributed by atoms with E-state index in [0.29, 0.717) is 15.6 Å². The van der Waals surface area contributed by atoms with Crippen LogP contribution in [0.1, 0.15) is 15.9 Å². The van der Waals surface area contributed by atoms with Crippen LogP contribution in [0.25, 0.3) is 10.9 Å². The fourth-order valence-corrected chi connectivity index (χ4v) is 2.56. The molecule has 0 atom stereocenters. The van der Waals surface area contributed by atoms with Crippen LogP contribution < -0.4 is 5.32 Å². The van der Waals surface area contributed by atoms with E-state index in [1.54, 1.807) is 0 Å². The van der Waals surface area contributed by atoms with E-state index in [0.717, 1.165) is 18.6 Å². The number of hydrogen-bond donors (Lipinski definition) is 1. The third kappa shape index (κ3) is 4.41. The Morgan fingerprint density at radius 2 is 1.85 bits per heavy atom. The molecule has 1 N–H and O–H groups in total. The molecule has 0 saturated carbocycles. The maximum atomic E-state index is 12.8. The van der Waals surface area contributed by atoms with Crippen molar-refractivity contribution in [1.29, 1.82) is 0 Å². The van der Waals surface area contributed by atoms with Gasteiger partial charge in [-0.25, -0.2) is 0 Å². The Balaban J connectivity index is 1.67. The standard InChI is InChI=1S/C16H12F6N4O/c17-15(18,19)9-25-8-12(7-24-25)14(27)23-6-10-1-2-13-11(5-10)3-4-26(13)16(20,21)22/h1-5,7-8H,6,9H2,(H,23,27). The molecule has 3 aromatic rings. The van der Waals surface area contributed by atoms with Gasteiger partial charge in [-0.15, -0.1) is 13.2 Å². The number of halogens is 6. The summed E-state index contributed by atoms with van der Waals surface area (Å²) in [6.07, 6.45) is -6.11. The highest BCUT2D eigenvalue weighted by molar-refractivity contribution is 5.93. The molecule has 1 aromatic carbocycles. The summed E-state index contributed by atoms with van der Waals surface area (Å²) in [6.45, 7) is -1.32. The first-order valence-corrected chi connectivity index (χ1v) is 7.57. The minimum Gasteiger partial charge on any atom is -0.348 e. The van der Waals surface area contributed by atoms with Crippen molar-refractivity contribution >= 4 is 16.8 Å². The van der Waals surface area contributed by atoms with Crippen molar-refractivity contribution in [2.75, 3.05) is 0 Å². The summed E-state index contributed by atoms with van der Waals surface area (Å²) in [7, 11) is 0. The zero-order chi connectivity index (χ0) is 19.8. The van der Waals surface area contributed by atoms with E-state index in [4.69, 9.17) is 0 Å². The van der Waals surface area contributed by atoms with Gasteiger partial charge in [-0.1, -0.05) is 6.07 Å². The maximum absolute atomic E-state index is 12.8. The number of amides is 1. The zero-order valence-electron chi connectivity index (χ0n) is 13.5. The summed E-state index contributed by atoms with van der Waals surface area (Å²) < 4.78 is 76.1. The monoisotopic (exact) mass is 390 g/mol. The van der Waals surface area contributed by atoms with E-state index < -0.39 is 24.9 Å². The van der Waals surface area contributed by atoms with Crippen molar-refractivity contribution < 1.29 is 31.1 Å². The van der Waals surface area contributed by atoms with Gasteiger partial charge in [0.05, 0.1) is 17.3 Å². The van der Waals surface area contributed by atoms with Crippen molar-refractivity contribution in [3.8, 4) is 0 Å². The summed E-state index contributed by atoms with van der Waals surface area (Å²) >= 11 is 0. The van der Waals surface area contributed by atoms with Crippen LogP contribution in [-0.2, 0) is 19.4 Å². The maximum Gasteiger partial charge on any atom is 0.488 e. The summed E-state index contributed by atoms with van der Waals surface area (Å²) in [6, 6.07) is 5.50. The third-order valence-electron chi connectivity index (χ3n) is 3.72. The Bertz CT molecular complexity index is 969. The van der Waals surface area contributed by atoms with Crippen LogP contribution in [0, 0.1) is 0 Å². The minimum atomic E-state index is -4.53. The minimum absolute atomic E-state index is 0.00355. The molecule has 27 heavy (non-hydrogen) atoms. The number of nitrogens with one attached hydrogen (secondary N) is 1. The SMILES string of the molecule is O=C(NCc1ccc2c(ccn2C(F)(F)F)c1)c1cnn(CC(F)(F)F)c1. The van der Waals surface area contributed by atoms with Gasteiger partial charge < -0.3 is 5.32 Å². The number of rotatable bonds is 4. The van der Waals surface area contributed by atoms with Gasteiger partial charge in [0.25, 0.3) is 5.91 Å². The Morgan fingerprint density at radius 1 is 1.11 bits per heavy atom. The molecule has 11 heteroatoms. The first-order chi connectivity index (χ1) is 12.5. The lowest BCUT2D eigenvalue weighted by atomic mass is 10.1. The molecule has 3 rings (SSSR count). The Labute approximate surface area is 148 Å². The van der Waals surface area contributed by atoms with Gasteiger partial charge in [0.1, 0.15) is 6.54 Å². The molecule has 2 aromatic heterocycles. The van der Waals surface area contributed by atoms with Gasteiger partial charge in [0, 0.05) is 24.3 Å². The highest BCUT2D eigenvalue weighted by Crippen LogP contribution is 2.29. The van der Waals surface area contributed by atoms with Crippen LogP contribution >= 0.6 is 0 Å². The zero-order valence-corrected chi connectivity index (χ0v) is 13.5. The smallest absolute Gasteiger partial charge is 0.348 e. The molecule has 144 valence electrons. The first-order valence-electron chi connectivity index (χ1n) is 7.57. The Morgan fingerprint density at radius 3 is 2.52 bits per heavy atom. The quantitative estimate of drug-likeness (QED) is 0.689. The van der Waals surface area contributed by atoms with Gasteiger partial charge in [0.2, 0.25) is 0 Å². The lowest BCUT2D eigenvalue weighted by Gasteiger charge is -2.10. The Kier molecular flexibility index (Phi) is 4.62. The largest absolute Gasteiger partial charge is 0.488 e. The summed E-state index contributed by atoms with van der Waals surface area (Å²) in [5.41, 5.74) is 0.466. The number of aromatic nitrogens is 3. The molecule has 0 bridgehead atoms. The second-order valence-electron chi connectivity index (χ2n) is 5.77. The van der Waals surface area contributed by atoms with E-state index in [2.05, 4.69) is 10.4 Å². The van der Waals surface area contributed by atoms with Crippen LogP contribution in [0.4, 0.5) is 26.3 Å². The van der Waals surface area contributed by atoms with Crippen molar-refractivity contribution in [1.82, 2.24) is 19.7 Å². The topological polar surface area (TPSA) is 51.9 Å². The van der Waals surface area contributed by atoms with Gasteiger partial charge >= 0.3 is 12.5 Å². The van der Waals surface area contributed by atoms with Gasteiger partial charge in [-0.05, 0) is 23.8 Å². The number of benzene rings is 1. The first kappa shape index (κ1) is 18.8. The fourth-order valence-electron chi connectivity index (χ4n) is 2.56. The number of hydrogen-bond acceptors (Lipinski definition) is 2. The highest BCUT2D eigenvalue weighted by atomic mass is 19.4. The van der Waals surface area contributed by atoms with Crippen LogP contribution in [0.15, 0.2) is 42.9 Å². The van der Waals surface area contributed by atoms with Crippen molar-refractivity contribution in [2.45, 2.75) is 25.6 Å². The molecule has 2 heterocycles. The second kappa shape index (κ2) is 6.63. The number of alkyl halides is 6. The summed E-state index contributed by atoms with van der Waals surface area (Å²) in [5, 5.41) is 6.31. The van der Waals surface area contributed by atoms with Crippen LogP contribution in [0.3, 0.4) is 0 Å². The van der Waals surface area contributed by atoms with Crippen molar-refractivity contribution in [2.24, 2.45) is 0 Å². The lowest BCUT2D eigenvalue weighted by molar-refractivity contribution is -0.200. The summed E-state index contributed by atoms with van der Waals surface area (Å²) in [5.74, 6) is -0.642. The third-order valence-corrected chi connectivity index (χ3v) is 3.72. The number of fused-ring (bicyclic) bond motifs is 1. The molecule has 0 saturated heterocycles. The van der Waals surface area contributed by atoms with Gasteiger partial charge in [-0.3, -0.25) is 14.0 Å². The van der Waals surface area contributed by atoms with E-state index in [9.17, 15) is 31.1 Å². The fraction of sp³-hybridized carbons (Fsp3) is 0.250. The lowest BCUT2D eigenvalue weighted by Crippen LogP contribution is -2.22. The van der Waals surface area contributed by atoms with Crippen molar-refractivity contribution in [3.05, 3.63) is 54.0 Å². The molecule has 0 fully saturated rings.